The van der Waals surface area contributed by atoms with Crippen molar-refractivity contribution in [3.63, 3.8) is 0 Å². The Hall–Kier alpha value is -1.64. The number of hydrogen-bond donors (Lipinski definition) is 0. The molecule has 0 radical (unpaired) electrons. The molecule has 0 N–H and O–H groups in total. The van der Waals surface area contributed by atoms with E-state index in [9.17, 15) is 18.5 Å². The Morgan fingerprint density at radius 2 is 1.92 bits per heavy atom. The normalized spacial score (nSPS) is 11.3. The molecule has 2 aromatic carbocycles. The molecule has 0 amide bonds. The summed E-state index contributed by atoms with van der Waals surface area (Å²) in [5.41, 5.74) is 0.544. The molecule has 0 saturated heterocycles. The Balaban J connectivity index is 2.60. The highest BCUT2D eigenvalue weighted by atomic mass is 79.9. The third kappa shape index (κ3) is 3.55. The summed E-state index contributed by atoms with van der Waals surface area (Å²) < 4.78 is 27.8. The Morgan fingerprint density at radius 3 is 2.46 bits per heavy atom. The van der Waals surface area contributed by atoms with E-state index in [1.54, 1.807) is 26.0 Å². The molecule has 128 valence electrons. The van der Waals surface area contributed by atoms with Gasteiger partial charge < -0.3 is 0 Å². The smallest absolute Gasteiger partial charge is 0.267 e. The molecule has 6 nitrogen and oxygen atoms in total. The van der Waals surface area contributed by atoms with Crippen LogP contribution in [-0.4, -0.2) is 19.9 Å². The maximum Gasteiger partial charge on any atom is 0.270 e. The van der Waals surface area contributed by atoms with E-state index in [0.29, 0.717) is 20.7 Å². The first kappa shape index (κ1) is 18.7. The molecule has 2 aromatic rings. The number of nitrogens with zero attached hydrogens (tertiary/aromatic N) is 2. The van der Waals surface area contributed by atoms with E-state index in [2.05, 4.69) is 15.9 Å². The van der Waals surface area contributed by atoms with E-state index in [0.717, 1.165) is 10.4 Å². The lowest BCUT2D eigenvalue weighted by Crippen LogP contribution is -2.31. The number of hydrogen-bond acceptors (Lipinski definition) is 4. The fraction of sp³-hybridized carbons (Fsp3) is 0.200. The number of non-ortho nitro benzene ring substituents is 1. The van der Waals surface area contributed by atoms with Crippen LogP contribution in [0.2, 0.25) is 5.02 Å². The molecule has 9 heteroatoms. The van der Waals surface area contributed by atoms with Crippen molar-refractivity contribution in [2.24, 2.45) is 0 Å². The van der Waals surface area contributed by atoms with Crippen LogP contribution in [0.25, 0.3) is 0 Å². The third-order valence-electron chi connectivity index (χ3n) is 3.43. The van der Waals surface area contributed by atoms with Gasteiger partial charge in [-0.05, 0) is 53.5 Å². The number of nitro benzene ring substituents is 1. The van der Waals surface area contributed by atoms with Gasteiger partial charge in [0.25, 0.3) is 15.7 Å². The maximum atomic E-state index is 13.0. The van der Waals surface area contributed by atoms with Gasteiger partial charge in [-0.25, -0.2) is 8.42 Å². The summed E-state index contributed by atoms with van der Waals surface area (Å²) in [6.45, 7) is 3.43. The molecule has 0 saturated carbocycles. The zero-order valence-corrected chi connectivity index (χ0v) is 16.0. The predicted molar refractivity (Wildman–Crippen MR) is 97.2 cm³/mol. The van der Waals surface area contributed by atoms with Gasteiger partial charge in [-0.2, -0.15) is 0 Å². The van der Waals surface area contributed by atoms with Gasteiger partial charge in [0, 0.05) is 23.2 Å². The van der Waals surface area contributed by atoms with Crippen molar-refractivity contribution in [1.29, 1.82) is 0 Å². The molecule has 0 aliphatic carbocycles. The van der Waals surface area contributed by atoms with E-state index < -0.39 is 14.9 Å². The lowest BCUT2D eigenvalue weighted by molar-refractivity contribution is -0.385. The van der Waals surface area contributed by atoms with Crippen LogP contribution in [0.5, 0.6) is 0 Å². The summed E-state index contributed by atoms with van der Waals surface area (Å²) in [5.74, 6) is 0. The SMILES string of the molecule is CCN(c1ccc(Br)c(Cl)c1)S(=O)(=O)c1cc([N+](=O)[O-])ccc1C. The molecule has 0 aromatic heterocycles. The second-order valence-corrected chi connectivity index (χ2v) is 8.07. The molecular formula is C15H14BrClN2O4S. The van der Waals surface area contributed by atoms with E-state index in [-0.39, 0.29) is 17.1 Å². The lowest BCUT2D eigenvalue weighted by Gasteiger charge is -2.24. The average molecular weight is 434 g/mol. The Kier molecular flexibility index (Phi) is 5.52. The van der Waals surface area contributed by atoms with E-state index in [4.69, 9.17) is 11.6 Å². The van der Waals surface area contributed by atoms with Gasteiger partial charge in [-0.3, -0.25) is 14.4 Å². The number of halogens is 2. The summed E-state index contributed by atoms with van der Waals surface area (Å²) in [7, 11) is -3.97. The van der Waals surface area contributed by atoms with Crippen LogP contribution >= 0.6 is 27.5 Å². The summed E-state index contributed by atoms with van der Waals surface area (Å²) in [6, 6.07) is 8.57. The van der Waals surface area contributed by atoms with Gasteiger partial charge in [0.05, 0.1) is 20.5 Å². The zero-order valence-electron chi connectivity index (χ0n) is 12.9. The van der Waals surface area contributed by atoms with Crippen LogP contribution in [-0.2, 0) is 10.0 Å². The number of aryl methyl sites for hydroxylation is 1. The predicted octanol–water partition coefficient (Wildman–Crippen LogP) is 4.53. The van der Waals surface area contributed by atoms with E-state index >= 15 is 0 Å². The average Bonchev–Trinajstić information content (AvgIpc) is 2.51. The molecule has 0 aliphatic rings. The number of nitro groups is 1. The largest absolute Gasteiger partial charge is 0.270 e. The van der Waals surface area contributed by atoms with Crippen molar-refractivity contribution >= 4 is 48.9 Å². The van der Waals surface area contributed by atoms with E-state index in [1.165, 1.54) is 18.2 Å². The standard InChI is InChI=1S/C15H14BrClN2O4S/c1-3-18(11-6-7-13(16)14(17)8-11)24(22,23)15-9-12(19(20)21)5-4-10(15)2/h4-9H,3H2,1-2H3. The molecule has 24 heavy (non-hydrogen) atoms. The van der Waals surface area contributed by atoms with Crippen LogP contribution in [0.3, 0.4) is 0 Å². The highest BCUT2D eigenvalue weighted by molar-refractivity contribution is 9.10. The van der Waals surface area contributed by atoms with Crippen LogP contribution < -0.4 is 4.31 Å². The minimum absolute atomic E-state index is 0.0995. The first-order valence-electron chi connectivity index (χ1n) is 6.91. The topological polar surface area (TPSA) is 80.5 Å². The fourth-order valence-corrected chi connectivity index (χ4v) is 4.36. The minimum atomic E-state index is -3.97. The van der Waals surface area contributed by atoms with Gasteiger partial charge in [-0.1, -0.05) is 17.7 Å². The van der Waals surface area contributed by atoms with Crippen molar-refractivity contribution in [2.75, 3.05) is 10.8 Å². The Bertz CT molecular complexity index is 902. The first-order chi connectivity index (χ1) is 11.2. The highest BCUT2D eigenvalue weighted by Gasteiger charge is 2.27. The molecule has 0 bridgehead atoms. The molecule has 0 aliphatic heterocycles. The lowest BCUT2D eigenvalue weighted by atomic mass is 10.2. The minimum Gasteiger partial charge on any atom is -0.267 e. The summed E-state index contributed by atoms with van der Waals surface area (Å²) in [5, 5.41) is 11.3. The van der Waals surface area contributed by atoms with Gasteiger partial charge in [0.2, 0.25) is 0 Å². The van der Waals surface area contributed by atoms with Gasteiger partial charge in [0.1, 0.15) is 0 Å². The third-order valence-corrected chi connectivity index (χ3v) is 6.71. The highest BCUT2D eigenvalue weighted by Crippen LogP contribution is 2.32. The molecule has 0 fully saturated rings. The summed E-state index contributed by atoms with van der Waals surface area (Å²) >= 11 is 9.31. The maximum absolute atomic E-state index is 13.0. The summed E-state index contributed by atoms with van der Waals surface area (Å²) in [4.78, 5) is 10.2. The van der Waals surface area contributed by atoms with Crippen molar-refractivity contribution in [3.05, 3.63) is 61.6 Å². The van der Waals surface area contributed by atoms with Crippen molar-refractivity contribution in [2.45, 2.75) is 18.7 Å². The number of sulfonamides is 1. The van der Waals surface area contributed by atoms with Crippen LogP contribution in [0.4, 0.5) is 11.4 Å². The number of benzene rings is 2. The number of anilines is 1. The van der Waals surface area contributed by atoms with Gasteiger partial charge in [0.15, 0.2) is 0 Å². The Labute approximate surface area is 153 Å². The molecule has 2 rings (SSSR count). The molecule has 0 heterocycles. The van der Waals surface area contributed by atoms with Gasteiger partial charge >= 0.3 is 0 Å². The second kappa shape index (κ2) is 7.08. The number of rotatable bonds is 5. The van der Waals surface area contributed by atoms with Crippen LogP contribution in [0.1, 0.15) is 12.5 Å². The quantitative estimate of drug-likeness (QED) is 0.512. The van der Waals surface area contributed by atoms with Gasteiger partial charge in [-0.15, -0.1) is 0 Å². The van der Waals surface area contributed by atoms with Crippen LogP contribution in [0.15, 0.2) is 45.8 Å². The van der Waals surface area contributed by atoms with Crippen LogP contribution in [0, 0.1) is 17.0 Å². The first-order valence-corrected chi connectivity index (χ1v) is 9.52. The monoisotopic (exact) mass is 432 g/mol. The van der Waals surface area contributed by atoms with Crippen molar-refractivity contribution in [3.8, 4) is 0 Å². The summed E-state index contributed by atoms with van der Waals surface area (Å²) in [6.07, 6.45) is 0. The molecule has 0 spiro atoms. The zero-order chi connectivity index (χ0) is 18.1. The molecular weight excluding hydrogens is 420 g/mol. The fourth-order valence-electron chi connectivity index (χ4n) is 2.23. The van der Waals surface area contributed by atoms with Crippen molar-refractivity contribution in [1.82, 2.24) is 0 Å². The van der Waals surface area contributed by atoms with Crippen molar-refractivity contribution < 1.29 is 13.3 Å². The van der Waals surface area contributed by atoms with E-state index in [1.807, 2.05) is 0 Å². The molecule has 0 unspecified atom stereocenters. The second-order valence-electron chi connectivity index (χ2n) is 4.98. The Morgan fingerprint density at radius 1 is 1.25 bits per heavy atom. The molecule has 0 atom stereocenters.